The molecule has 1 aliphatic rings. The van der Waals surface area contributed by atoms with Crippen molar-refractivity contribution in [3.8, 4) is 0 Å². The first-order valence-electron chi connectivity index (χ1n) is 6.08. The van der Waals surface area contributed by atoms with Crippen LogP contribution in [0.3, 0.4) is 0 Å². The molecule has 1 saturated carbocycles. The van der Waals surface area contributed by atoms with Gasteiger partial charge in [0.05, 0.1) is 0 Å². The van der Waals surface area contributed by atoms with Crippen molar-refractivity contribution < 1.29 is 9.90 Å². The first-order chi connectivity index (χ1) is 7.68. The standard InChI is InChI=1S/C13H19NO2/c1-10-4-2-5-11(8-7-10)14-9-3-6-12(14)13(15)16/h3,6,9-11H,2,4-5,7-8H2,1H3,(H,15,16). The highest BCUT2D eigenvalue weighted by molar-refractivity contribution is 5.85. The van der Waals surface area contributed by atoms with Crippen molar-refractivity contribution >= 4 is 5.97 Å². The molecule has 2 unspecified atom stereocenters. The molecule has 1 aromatic rings. The van der Waals surface area contributed by atoms with E-state index in [1.807, 2.05) is 16.8 Å². The average molecular weight is 221 g/mol. The Morgan fingerprint density at radius 2 is 2.19 bits per heavy atom. The van der Waals surface area contributed by atoms with E-state index >= 15 is 0 Å². The molecule has 0 amide bonds. The molecule has 1 fully saturated rings. The van der Waals surface area contributed by atoms with Crippen LogP contribution in [0.5, 0.6) is 0 Å². The summed E-state index contributed by atoms with van der Waals surface area (Å²) in [5.74, 6) is -0.0314. The number of aromatic nitrogens is 1. The van der Waals surface area contributed by atoms with Crippen LogP contribution in [0.1, 0.15) is 55.6 Å². The zero-order chi connectivity index (χ0) is 11.5. The molecule has 0 saturated heterocycles. The van der Waals surface area contributed by atoms with E-state index in [-0.39, 0.29) is 0 Å². The molecule has 88 valence electrons. The van der Waals surface area contributed by atoms with Crippen LogP contribution in [0.15, 0.2) is 18.3 Å². The molecule has 1 aromatic heterocycles. The molecule has 1 heterocycles. The molecule has 3 heteroatoms. The highest BCUT2D eigenvalue weighted by Crippen LogP contribution is 2.31. The quantitative estimate of drug-likeness (QED) is 0.778. The summed E-state index contributed by atoms with van der Waals surface area (Å²) in [5.41, 5.74) is 0.430. The summed E-state index contributed by atoms with van der Waals surface area (Å²) in [7, 11) is 0. The van der Waals surface area contributed by atoms with Gasteiger partial charge in [-0.25, -0.2) is 4.79 Å². The van der Waals surface area contributed by atoms with Gasteiger partial charge in [0.2, 0.25) is 0 Å². The van der Waals surface area contributed by atoms with E-state index < -0.39 is 5.97 Å². The molecule has 2 rings (SSSR count). The fraction of sp³-hybridized carbons (Fsp3) is 0.615. The number of rotatable bonds is 2. The van der Waals surface area contributed by atoms with Gasteiger partial charge in [-0.2, -0.15) is 0 Å². The summed E-state index contributed by atoms with van der Waals surface area (Å²) in [4.78, 5) is 11.1. The van der Waals surface area contributed by atoms with Gasteiger partial charge in [0, 0.05) is 12.2 Å². The minimum absolute atomic E-state index is 0.381. The van der Waals surface area contributed by atoms with Crippen molar-refractivity contribution in [1.82, 2.24) is 4.57 Å². The molecule has 1 N–H and O–H groups in total. The van der Waals surface area contributed by atoms with Gasteiger partial charge in [-0.3, -0.25) is 0 Å². The van der Waals surface area contributed by atoms with E-state index in [0.29, 0.717) is 11.7 Å². The van der Waals surface area contributed by atoms with Crippen LogP contribution in [-0.4, -0.2) is 15.6 Å². The molecule has 0 bridgehead atoms. The van der Waals surface area contributed by atoms with Gasteiger partial charge in [-0.15, -0.1) is 0 Å². The Bertz CT molecular complexity index is 370. The van der Waals surface area contributed by atoms with E-state index in [0.717, 1.165) is 18.8 Å². The van der Waals surface area contributed by atoms with E-state index in [9.17, 15) is 4.79 Å². The fourth-order valence-electron chi connectivity index (χ4n) is 2.64. The molecule has 2 atom stereocenters. The molecule has 16 heavy (non-hydrogen) atoms. The van der Waals surface area contributed by atoms with Crippen LogP contribution < -0.4 is 0 Å². The highest BCUT2D eigenvalue weighted by Gasteiger charge is 2.20. The smallest absolute Gasteiger partial charge is 0.352 e. The molecule has 3 nitrogen and oxygen atoms in total. The van der Waals surface area contributed by atoms with Crippen molar-refractivity contribution in [2.45, 2.75) is 45.1 Å². The number of nitrogens with zero attached hydrogens (tertiary/aromatic N) is 1. The Hall–Kier alpha value is -1.25. The zero-order valence-electron chi connectivity index (χ0n) is 9.72. The van der Waals surface area contributed by atoms with Gasteiger partial charge in [-0.1, -0.05) is 19.8 Å². The van der Waals surface area contributed by atoms with Crippen LogP contribution in [0.4, 0.5) is 0 Å². The fourth-order valence-corrected chi connectivity index (χ4v) is 2.64. The Labute approximate surface area is 96.1 Å². The first kappa shape index (κ1) is 11.2. The third-order valence-corrected chi connectivity index (χ3v) is 3.62. The lowest BCUT2D eigenvalue weighted by atomic mass is 10.0. The van der Waals surface area contributed by atoms with Gasteiger partial charge in [0.25, 0.3) is 0 Å². The topological polar surface area (TPSA) is 42.2 Å². The minimum atomic E-state index is -0.817. The van der Waals surface area contributed by atoms with E-state index in [2.05, 4.69) is 6.92 Å². The van der Waals surface area contributed by atoms with Crippen LogP contribution >= 0.6 is 0 Å². The van der Waals surface area contributed by atoms with Crippen LogP contribution in [0, 0.1) is 5.92 Å². The summed E-state index contributed by atoms with van der Waals surface area (Å²) in [5, 5.41) is 9.09. The second kappa shape index (κ2) is 4.73. The number of carboxylic acids is 1. The van der Waals surface area contributed by atoms with Crippen molar-refractivity contribution in [2.75, 3.05) is 0 Å². The number of hydrogen-bond donors (Lipinski definition) is 1. The van der Waals surface area contributed by atoms with Gasteiger partial charge < -0.3 is 9.67 Å². The minimum Gasteiger partial charge on any atom is -0.477 e. The SMILES string of the molecule is CC1CCCC(n2cccc2C(=O)O)CC1. The molecule has 0 spiro atoms. The van der Waals surface area contributed by atoms with Gasteiger partial charge in [0.15, 0.2) is 0 Å². The maximum atomic E-state index is 11.1. The third kappa shape index (κ3) is 2.29. The maximum Gasteiger partial charge on any atom is 0.352 e. The number of hydrogen-bond acceptors (Lipinski definition) is 1. The Morgan fingerprint density at radius 3 is 2.94 bits per heavy atom. The molecule has 0 aliphatic heterocycles. The highest BCUT2D eigenvalue weighted by atomic mass is 16.4. The van der Waals surface area contributed by atoms with E-state index in [4.69, 9.17) is 5.11 Å². The first-order valence-corrected chi connectivity index (χ1v) is 6.08. The lowest BCUT2D eigenvalue weighted by Crippen LogP contribution is -2.13. The predicted molar refractivity (Wildman–Crippen MR) is 62.7 cm³/mol. The molecule has 1 aliphatic carbocycles. The summed E-state index contributed by atoms with van der Waals surface area (Å²) < 4.78 is 1.94. The monoisotopic (exact) mass is 221 g/mol. The normalized spacial score (nSPS) is 26.3. The molecule has 0 aromatic carbocycles. The zero-order valence-corrected chi connectivity index (χ0v) is 9.72. The summed E-state index contributed by atoms with van der Waals surface area (Å²) in [6.07, 6.45) is 7.82. The summed E-state index contributed by atoms with van der Waals surface area (Å²) >= 11 is 0. The predicted octanol–water partition coefficient (Wildman–Crippen LogP) is 3.33. The molecular formula is C13H19NO2. The van der Waals surface area contributed by atoms with Gasteiger partial charge in [-0.05, 0) is 37.3 Å². The maximum absolute atomic E-state index is 11.1. The lowest BCUT2D eigenvalue weighted by Gasteiger charge is -2.18. The van der Waals surface area contributed by atoms with Crippen molar-refractivity contribution in [3.05, 3.63) is 24.0 Å². The second-order valence-corrected chi connectivity index (χ2v) is 4.87. The van der Waals surface area contributed by atoms with Crippen LogP contribution in [0.2, 0.25) is 0 Å². The van der Waals surface area contributed by atoms with Gasteiger partial charge >= 0.3 is 5.97 Å². The largest absolute Gasteiger partial charge is 0.477 e. The Balaban J connectivity index is 2.16. The average Bonchev–Trinajstić information content (AvgIpc) is 2.63. The van der Waals surface area contributed by atoms with Gasteiger partial charge in [0.1, 0.15) is 5.69 Å². The number of carbonyl (C=O) groups is 1. The Morgan fingerprint density at radius 1 is 1.38 bits per heavy atom. The number of carboxylic acid groups (broad SMARTS) is 1. The summed E-state index contributed by atoms with van der Waals surface area (Å²) in [6, 6.07) is 3.90. The number of aromatic carboxylic acids is 1. The molecule has 0 radical (unpaired) electrons. The van der Waals surface area contributed by atoms with E-state index in [1.54, 1.807) is 6.07 Å². The second-order valence-electron chi connectivity index (χ2n) is 4.87. The Kier molecular flexibility index (Phi) is 3.32. The lowest BCUT2D eigenvalue weighted by molar-refractivity contribution is 0.0682. The van der Waals surface area contributed by atoms with E-state index in [1.165, 1.54) is 19.3 Å². The van der Waals surface area contributed by atoms with Crippen LogP contribution in [-0.2, 0) is 0 Å². The van der Waals surface area contributed by atoms with Crippen LogP contribution in [0.25, 0.3) is 0 Å². The summed E-state index contributed by atoms with van der Waals surface area (Å²) in [6.45, 7) is 2.29. The van der Waals surface area contributed by atoms with Crippen molar-refractivity contribution in [3.63, 3.8) is 0 Å². The van der Waals surface area contributed by atoms with Crippen molar-refractivity contribution in [2.24, 2.45) is 5.92 Å². The van der Waals surface area contributed by atoms with Crippen molar-refractivity contribution in [1.29, 1.82) is 0 Å². The molecular weight excluding hydrogens is 202 g/mol. The third-order valence-electron chi connectivity index (χ3n) is 3.62.